The van der Waals surface area contributed by atoms with Gasteiger partial charge in [0.1, 0.15) is 11.3 Å². The van der Waals surface area contributed by atoms with Crippen molar-refractivity contribution in [1.29, 1.82) is 0 Å². The molecule has 1 aromatic heterocycles. The number of benzene rings is 1. The molecule has 0 aliphatic carbocycles. The van der Waals surface area contributed by atoms with Crippen molar-refractivity contribution in [2.24, 2.45) is 0 Å². The van der Waals surface area contributed by atoms with Crippen molar-refractivity contribution in [2.75, 3.05) is 0 Å². The average molecular weight is 193 g/mol. The minimum Gasteiger partial charge on any atom is -0.298 e. The minimum atomic E-state index is -0.760. The van der Waals surface area contributed by atoms with Crippen LogP contribution in [0.25, 0.3) is 10.9 Å². The van der Waals surface area contributed by atoms with Crippen LogP contribution < -0.4 is 0 Å². The number of nitrogens with zero attached hydrogens (tertiary/aromatic N) is 1. The summed E-state index contributed by atoms with van der Waals surface area (Å²) in [7, 11) is 0. The van der Waals surface area contributed by atoms with Crippen LogP contribution >= 0.6 is 0 Å². The molecule has 0 bridgehead atoms. The third kappa shape index (κ3) is 1.25. The maximum Gasteiger partial charge on any atom is 0.152 e. The van der Waals surface area contributed by atoms with Crippen molar-refractivity contribution in [3.8, 4) is 0 Å². The fourth-order valence-corrected chi connectivity index (χ4v) is 1.30. The highest BCUT2D eigenvalue weighted by molar-refractivity contribution is 5.96. The molecule has 70 valence electrons. The quantitative estimate of drug-likeness (QED) is 0.650. The van der Waals surface area contributed by atoms with Gasteiger partial charge in [0.15, 0.2) is 12.1 Å². The fraction of sp³-hybridized carbons (Fsp3) is 0. The summed E-state index contributed by atoms with van der Waals surface area (Å²) in [6.45, 7) is 0. The normalized spacial score (nSPS) is 10.4. The van der Waals surface area contributed by atoms with Crippen molar-refractivity contribution in [2.45, 2.75) is 0 Å². The summed E-state index contributed by atoms with van der Waals surface area (Å²) >= 11 is 0. The summed E-state index contributed by atoms with van der Waals surface area (Å²) in [6, 6.07) is 3.24. The van der Waals surface area contributed by atoms with Crippen LogP contribution in [0.1, 0.15) is 10.4 Å². The highest BCUT2D eigenvalue weighted by atomic mass is 19.1. The number of rotatable bonds is 1. The lowest BCUT2D eigenvalue weighted by Crippen LogP contribution is -1.91. The Morgan fingerprint density at radius 2 is 2.07 bits per heavy atom. The third-order valence-corrected chi connectivity index (χ3v) is 1.92. The Morgan fingerprint density at radius 3 is 2.79 bits per heavy atom. The van der Waals surface area contributed by atoms with E-state index in [1.54, 1.807) is 0 Å². The second-order valence-electron chi connectivity index (χ2n) is 2.80. The summed E-state index contributed by atoms with van der Waals surface area (Å²) in [6.07, 6.45) is 1.86. The van der Waals surface area contributed by atoms with Gasteiger partial charge >= 0.3 is 0 Å². The molecule has 0 saturated heterocycles. The fourth-order valence-electron chi connectivity index (χ4n) is 1.30. The van der Waals surface area contributed by atoms with Crippen LogP contribution in [-0.2, 0) is 0 Å². The molecule has 0 aliphatic heterocycles. The van der Waals surface area contributed by atoms with Crippen molar-refractivity contribution in [3.05, 3.63) is 41.6 Å². The Morgan fingerprint density at radius 1 is 1.29 bits per heavy atom. The van der Waals surface area contributed by atoms with Gasteiger partial charge in [0, 0.05) is 23.2 Å². The molecule has 0 fully saturated rings. The molecule has 2 aromatic rings. The summed E-state index contributed by atoms with van der Waals surface area (Å²) in [5.41, 5.74) is 0.240. The first-order chi connectivity index (χ1) is 6.72. The van der Waals surface area contributed by atoms with E-state index in [-0.39, 0.29) is 16.5 Å². The molecule has 0 radical (unpaired) electrons. The molecule has 2 nitrogen and oxygen atoms in total. The SMILES string of the molecule is O=Cc1ccnc2c(F)cc(F)cc12. The molecule has 0 aliphatic rings. The van der Waals surface area contributed by atoms with Crippen LogP contribution in [-0.4, -0.2) is 11.3 Å². The van der Waals surface area contributed by atoms with E-state index in [4.69, 9.17) is 0 Å². The first kappa shape index (κ1) is 8.74. The Labute approximate surface area is 78.2 Å². The Hall–Kier alpha value is -1.84. The van der Waals surface area contributed by atoms with Crippen molar-refractivity contribution in [1.82, 2.24) is 4.98 Å². The van der Waals surface area contributed by atoms with E-state index in [1.165, 1.54) is 12.3 Å². The second-order valence-corrected chi connectivity index (χ2v) is 2.80. The first-order valence-electron chi connectivity index (χ1n) is 3.91. The molecular weight excluding hydrogens is 188 g/mol. The van der Waals surface area contributed by atoms with Crippen LogP contribution in [0, 0.1) is 11.6 Å². The van der Waals surface area contributed by atoms with Gasteiger partial charge in [-0.3, -0.25) is 9.78 Å². The van der Waals surface area contributed by atoms with Crippen LogP contribution in [0.4, 0.5) is 8.78 Å². The maximum atomic E-state index is 13.1. The van der Waals surface area contributed by atoms with Gasteiger partial charge in [-0.15, -0.1) is 0 Å². The molecule has 0 unspecified atom stereocenters. The summed E-state index contributed by atoms with van der Waals surface area (Å²) in [4.78, 5) is 14.3. The van der Waals surface area contributed by atoms with Gasteiger partial charge < -0.3 is 0 Å². The summed E-state index contributed by atoms with van der Waals surface area (Å²) < 4.78 is 26.0. The van der Waals surface area contributed by atoms with Crippen molar-refractivity contribution >= 4 is 17.2 Å². The molecular formula is C10H5F2NO. The molecule has 0 atom stereocenters. The molecule has 1 heterocycles. The third-order valence-electron chi connectivity index (χ3n) is 1.92. The Bertz CT molecular complexity index is 511. The van der Waals surface area contributed by atoms with E-state index in [0.717, 1.165) is 12.1 Å². The average Bonchev–Trinajstić information content (AvgIpc) is 2.17. The lowest BCUT2D eigenvalue weighted by Gasteiger charge is -2.00. The predicted octanol–water partition coefficient (Wildman–Crippen LogP) is 2.33. The number of aromatic nitrogens is 1. The van der Waals surface area contributed by atoms with Gasteiger partial charge in [0.05, 0.1) is 0 Å². The number of carbonyl (C=O) groups is 1. The van der Waals surface area contributed by atoms with E-state index >= 15 is 0 Å². The van der Waals surface area contributed by atoms with Crippen molar-refractivity contribution in [3.63, 3.8) is 0 Å². The van der Waals surface area contributed by atoms with Gasteiger partial charge in [-0.2, -0.15) is 0 Å². The van der Waals surface area contributed by atoms with Gasteiger partial charge in [0.25, 0.3) is 0 Å². The molecule has 1 aromatic carbocycles. The molecule has 14 heavy (non-hydrogen) atoms. The smallest absolute Gasteiger partial charge is 0.152 e. The summed E-state index contributed by atoms with van der Waals surface area (Å²) in [5.74, 6) is -1.48. The number of hydrogen-bond acceptors (Lipinski definition) is 2. The standard InChI is InChI=1S/C10H5F2NO/c11-7-3-8-6(5-14)1-2-13-10(8)9(12)4-7/h1-5H. The van der Waals surface area contributed by atoms with E-state index in [1.807, 2.05) is 0 Å². The van der Waals surface area contributed by atoms with Crippen molar-refractivity contribution < 1.29 is 13.6 Å². The number of aldehydes is 1. The topological polar surface area (TPSA) is 30.0 Å². The van der Waals surface area contributed by atoms with E-state index in [2.05, 4.69) is 4.98 Å². The number of fused-ring (bicyclic) bond motifs is 1. The highest BCUT2D eigenvalue weighted by Crippen LogP contribution is 2.19. The zero-order valence-corrected chi connectivity index (χ0v) is 7.00. The van der Waals surface area contributed by atoms with Gasteiger partial charge in [-0.1, -0.05) is 0 Å². The second kappa shape index (κ2) is 3.14. The van der Waals surface area contributed by atoms with Gasteiger partial charge in [0.2, 0.25) is 0 Å². The first-order valence-corrected chi connectivity index (χ1v) is 3.91. The lowest BCUT2D eigenvalue weighted by molar-refractivity contribution is 0.112. The zero-order chi connectivity index (χ0) is 10.1. The molecule has 0 spiro atoms. The van der Waals surface area contributed by atoms with Gasteiger partial charge in [-0.25, -0.2) is 8.78 Å². The predicted molar refractivity (Wildman–Crippen MR) is 47.0 cm³/mol. The molecule has 0 N–H and O–H groups in total. The van der Waals surface area contributed by atoms with Crippen LogP contribution in [0.5, 0.6) is 0 Å². The molecule has 0 saturated carbocycles. The maximum absolute atomic E-state index is 13.1. The van der Waals surface area contributed by atoms with Crippen LogP contribution in [0.2, 0.25) is 0 Å². The number of carbonyl (C=O) groups excluding carboxylic acids is 1. The Kier molecular flexibility index (Phi) is 1.96. The summed E-state index contributed by atoms with van der Waals surface area (Å²) in [5, 5.41) is 0.194. The van der Waals surface area contributed by atoms with Gasteiger partial charge in [-0.05, 0) is 12.1 Å². The molecule has 2 rings (SSSR count). The van der Waals surface area contributed by atoms with E-state index in [9.17, 15) is 13.6 Å². The number of hydrogen-bond donors (Lipinski definition) is 0. The number of halogens is 2. The Balaban J connectivity index is 2.93. The highest BCUT2D eigenvalue weighted by Gasteiger charge is 2.07. The zero-order valence-electron chi connectivity index (χ0n) is 7.00. The van der Waals surface area contributed by atoms with Crippen LogP contribution in [0.15, 0.2) is 24.4 Å². The largest absolute Gasteiger partial charge is 0.298 e. The van der Waals surface area contributed by atoms with Crippen LogP contribution in [0.3, 0.4) is 0 Å². The number of pyridine rings is 1. The van der Waals surface area contributed by atoms with E-state index < -0.39 is 11.6 Å². The monoisotopic (exact) mass is 193 g/mol. The molecule has 0 amide bonds. The molecule has 4 heteroatoms. The minimum absolute atomic E-state index is 0.0102. The lowest BCUT2D eigenvalue weighted by atomic mass is 10.1. The van der Waals surface area contributed by atoms with E-state index in [0.29, 0.717) is 6.29 Å².